The molecule has 2 N–H and O–H groups in total. The van der Waals surface area contributed by atoms with E-state index in [1.165, 1.54) is 0 Å². The number of aromatic carboxylic acids is 1. The van der Waals surface area contributed by atoms with Crippen LogP contribution in [-0.4, -0.2) is 21.0 Å². The summed E-state index contributed by atoms with van der Waals surface area (Å²) in [6, 6.07) is 11.6. The molecule has 1 aromatic heterocycles. The van der Waals surface area contributed by atoms with Crippen LogP contribution in [0.4, 0.5) is 11.5 Å². The minimum absolute atomic E-state index is 0.365. The molecule has 0 radical (unpaired) electrons. The number of benzene rings is 2. The number of rotatable bonds is 4. The Hall–Kier alpha value is -3.12. The Morgan fingerprint density at radius 3 is 2.63 bits per heavy atom. The Kier molecular flexibility index (Phi) is 4.64. The zero-order valence-corrected chi connectivity index (χ0v) is 15.5. The molecule has 2 aromatic carbocycles. The molecule has 134 valence electrons. The van der Waals surface area contributed by atoms with Gasteiger partial charge in [0.15, 0.2) is 5.82 Å². The van der Waals surface area contributed by atoms with Crippen LogP contribution in [-0.2, 0) is 6.42 Å². The van der Waals surface area contributed by atoms with E-state index >= 15 is 0 Å². The van der Waals surface area contributed by atoms with E-state index in [1.807, 2.05) is 31.2 Å². The van der Waals surface area contributed by atoms with Crippen molar-refractivity contribution < 1.29 is 9.90 Å². The highest BCUT2D eigenvalue weighted by atomic mass is 32.2. The average molecular weight is 375 g/mol. The summed E-state index contributed by atoms with van der Waals surface area (Å²) in [6.45, 7) is 1.96. The molecule has 5 nitrogen and oxygen atoms in total. The molecule has 27 heavy (non-hydrogen) atoms. The van der Waals surface area contributed by atoms with E-state index in [-0.39, 0.29) is 0 Å². The van der Waals surface area contributed by atoms with Gasteiger partial charge in [-0.1, -0.05) is 49.0 Å². The first-order chi connectivity index (χ1) is 13.1. The van der Waals surface area contributed by atoms with Crippen LogP contribution in [0.25, 0.3) is 12.2 Å². The Morgan fingerprint density at radius 1 is 1.11 bits per heavy atom. The fourth-order valence-electron chi connectivity index (χ4n) is 2.97. The van der Waals surface area contributed by atoms with Crippen molar-refractivity contribution in [3.8, 4) is 0 Å². The average Bonchev–Trinajstić information content (AvgIpc) is 2.70. The molecule has 0 amide bonds. The van der Waals surface area contributed by atoms with Gasteiger partial charge in [-0.3, -0.25) is 0 Å². The molecule has 0 spiro atoms. The molecule has 0 atom stereocenters. The molecule has 1 aliphatic rings. The van der Waals surface area contributed by atoms with Crippen molar-refractivity contribution in [1.29, 1.82) is 0 Å². The summed E-state index contributed by atoms with van der Waals surface area (Å²) in [5, 5.41) is 13.4. The third kappa shape index (κ3) is 3.57. The van der Waals surface area contributed by atoms with E-state index in [2.05, 4.69) is 33.5 Å². The van der Waals surface area contributed by atoms with Gasteiger partial charge < -0.3 is 10.4 Å². The highest BCUT2D eigenvalue weighted by Crippen LogP contribution is 2.42. The van der Waals surface area contributed by atoms with Crippen LogP contribution in [0.5, 0.6) is 0 Å². The van der Waals surface area contributed by atoms with Crippen molar-refractivity contribution in [3.63, 3.8) is 0 Å². The lowest BCUT2D eigenvalue weighted by Gasteiger charge is -2.18. The number of aryl methyl sites for hydroxylation is 1. The predicted molar refractivity (Wildman–Crippen MR) is 108 cm³/mol. The fourth-order valence-corrected chi connectivity index (χ4v) is 3.84. The van der Waals surface area contributed by atoms with Crippen LogP contribution in [0.15, 0.2) is 58.7 Å². The van der Waals surface area contributed by atoms with Crippen LogP contribution in [0.3, 0.4) is 0 Å². The summed E-state index contributed by atoms with van der Waals surface area (Å²) >= 11 is 1.60. The van der Waals surface area contributed by atoms with Crippen molar-refractivity contribution in [3.05, 3.63) is 71.0 Å². The summed E-state index contributed by atoms with van der Waals surface area (Å²) in [6.07, 6.45) is 8.07. The van der Waals surface area contributed by atoms with Crippen molar-refractivity contribution in [2.24, 2.45) is 0 Å². The van der Waals surface area contributed by atoms with E-state index in [4.69, 9.17) is 0 Å². The number of anilines is 2. The van der Waals surface area contributed by atoms with Crippen LogP contribution in [0, 0.1) is 0 Å². The topological polar surface area (TPSA) is 75.1 Å². The smallest absolute Gasteiger partial charge is 0.335 e. The van der Waals surface area contributed by atoms with E-state index < -0.39 is 5.97 Å². The predicted octanol–water partition coefficient (Wildman–Crippen LogP) is 5.12. The minimum Gasteiger partial charge on any atom is -0.478 e. The van der Waals surface area contributed by atoms with Gasteiger partial charge in [0.1, 0.15) is 5.03 Å². The Balaban J connectivity index is 1.58. The highest BCUT2D eigenvalue weighted by molar-refractivity contribution is 7.99. The molecule has 2 heterocycles. The maximum atomic E-state index is 11.3. The molecule has 0 saturated heterocycles. The van der Waals surface area contributed by atoms with Crippen molar-refractivity contribution in [2.45, 2.75) is 23.3 Å². The van der Waals surface area contributed by atoms with Gasteiger partial charge >= 0.3 is 5.97 Å². The second kappa shape index (κ2) is 7.25. The number of carbonyl (C=O) groups is 1. The normalized spacial score (nSPS) is 12.3. The molecular formula is C21H17N3O2S. The van der Waals surface area contributed by atoms with Crippen molar-refractivity contribution >= 4 is 41.4 Å². The third-order valence-electron chi connectivity index (χ3n) is 4.34. The van der Waals surface area contributed by atoms with Gasteiger partial charge in [-0.05, 0) is 41.3 Å². The van der Waals surface area contributed by atoms with Gasteiger partial charge in [-0.15, -0.1) is 0 Å². The van der Waals surface area contributed by atoms with Crippen LogP contribution in [0.1, 0.15) is 34.0 Å². The van der Waals surface area contributed by atoms with Gasteiger partial charge in [-0.25, -0.2) is 14.8 Å². The quantitative estimate of drug-likeness (QED) is 0.483. The number of hydrogen-bond donors (Lipinski definition) is 2. The number of nitrogens with zero attached hydrogens (tertiary/aromatic N) is 2. The molecule has 0 fully saturated rings. The molecule has 4 rings (SSSR count). The van der Waals surface area contributed by atoms with Gasteiger partial charge in [0.25, 0.3) is 0 Å². The Morgan fingerprint density at radius 2 is 1.85 bits per heavy atom. The van der Waals surface area contributed by atoms with E-state index in [9.17, 15) is 9.90 Å². The molecule has 1 aliphatic heterocycles. The van der Waals surface area contributed by atoms with Gasteiger partial charge in [0.05, 0.1) is 11.3 Å². The maximum Gasteiger partial charge on any atom is 0.335 e. The number of carboxylic acid groups (broad SMARTS) is 1. The lowest BCUT2D eigenvalue weighted by molar-refractivity contribution is 0.0695. The summed E-state index contributed by atoms with van der Waals surface area (Å²) in [7, 11) is 0. The third-order valence-corrected chi connectivity index (χ3v) is 5.40. The first-order valence-electron chi connectivity index (χ1n) is 8.58. The Bertz CT molecular complexity index is 1060. The zero-order chi connectivity index (χ0) is 18.8. The molecule has 0 unspecified atom stereocenters. The standard InChI is InChI=1S/C21H17N3O2S/c1-2-15-11-13(5-7-16(15)21(25)26)3-4-14-6-8-18-17(12-14)24-19-20(27-18)23-10-9-22-19/h3-12H,2H2,1H3,(H,22,24)(H,25,26). The lowest BCUT2D eigenvalue weighted by atomic mass is 10.0. The van der Waals surface area contributed by atoms with Crippen LogP contribution in [0.2, 0.25) is 0 Å². The zero-order valence-electron chi connectivity index (χ0n) is 14.6. The fraction of sp³-hybridized carbons (Fsp3) is 0.0952. The Labute approximate surface area is 161 Å². The summed E-state index contributed by atoms with van der Waals surface area (Å²) in [5.41, 5.74) is 4.24. The van der Waals surface area contributed by atoms with Gasteiger partial charge in [0.2, 0.25) is 0 Å². The monoisotopic (exact) mass is 375 g/mol. The van der Waals surface area contributed by atoms with Gasteiger partial charge in [0, 0.05) is 17.3 Å². The number of nitrogens with one attached hydrogen (secondary N) is 1. The van der Waals surface area contributed by atoms with E-state index in [0.29, 0.717) is 12.0 Å². The second-order valence-electron chi connectivity index (χ2n) is 6.10. The highest BCUT2D eigenvalue weighted by Gasteiger charge is 2.17. The molecular weight excluding hydrogens is 358 g/mol. The lowest BCUT2D eigenvalue weighted by Crippen LogP contribution is -2.03. The second-order valence-corrected chi connectivity index (χ2v) is 7.13. The first-order valence-corrected chi connectivity index (χ1v) is 9.40. The molecule has 3 aromatic rings. The number of fused-ring (bicyclic) bond motifs is 2. The molecule has 0 aliphatic carbocycles. The summed E-state index contributed by atoms with van der Waals surface area (Å²) in [5.74, 6) is -0.114. The SMILES string of the molecule is CCc1cc(C=Cc2ccc3c(c2)Nc2nccnc2S3)ccc1C(=O)O. The molecule has 0 saturated carbocycles. The number of carboxylic acids is 1. The van der Waals surface area contributed by atoms with Crippen LogP contribution >= 0.6 is 11.8 Å². The first kappa shape index (κ1) is 17.3. The number of aromatic nitrogens is 2. The number of hydrogen-bond acceptors (Lipinski definition) is 5. The summed E-state index contributed by atoms with van der Waals surface area (Å²) in [4.78, 5) is 21.0. The van der Waals surface area contributed by atoms with E-state index in [1.54, 1.807) is 30.2 Å². The molecule has 0 bridgehead atoms. The minimum atomic E-state index is -0.885. The summed E-state index contributed by atoms with van der Waals surface area (Å²) < 4.78 is 0. The molecule has 6 heteroatoms. The van der Waals surface area contributed by atoms with Crippen molar-refractivity contribution in [1.82, 2.24) is 9.97 Å². The largest absolute Gasteiger partial charge is 0.478 e. The van der Waals surface area contributed by atoms with E-state index in [0.717, 1.165) is 38.1 Å². The van der Waals surface area contributed by atoms with Crippen molar-refractivity contribution in [2.75, 3.05) is 5.32 Å². The van der Waals surface area contributed by atoms with Crippen LogP contribution < -0.4 is 5.32 Å². The maximum absolute atomic E-state index is 11.3. The van der Waals surface area contributed by atoms with Gasteiger partial charge in [-0.2, -0.15) is 0 Å².